The van der Waals surface area contributed by atoms with Gasteiger partial charge in [-0.3, -0.25) is 0 Å². The van der Waals surface area contributed by atoms with Crippen molar-refractivity contribution in [1.82, 2.24) is 29.7 Å². The lowest BCUT2D eigenvalue weighted by molar-refractivity contribution is 0.280. The Balaban J connectivity index is 1.88. The molecule has 0 saturated carbocycles. The van der Waals surface area contributed by atoms with Gasteiger partial charge in [0.05, 0.1) is 6.61 Å². The second kappa shape index (κ2) is 7.37. The molecule has 0 atom stereocenters. The zero-order valence-electron chi connectivity index (χ0n) is 11.6. The molecule has 2 aromatic heterocycles. The number of hydrogen-bond donors (Lipinski definition) is 1. The van der Waals surface area contributed by atoms with Gasteiger partial charge in [-0.25, -0.2) is 4.98 Å². The highest BCUT2D eigenvalue weighted by Gasteiger charge is 2.07. The Morgan fingerprint density at radius 1 is 1.15 bits per heavy atom. The van der Waals surface area contributed by atoms with Gasteiger partial charge in [0.25, 0.3) is 5.95 Å². The molecule has 2 N–H and O–H groups in total. The van der Waals surface area contributed by atoms with E-state index in [2.05, 4.69) is 32.0 Å². The highest BCUT2D eigenvalue weighted by atomic mass is 16.5. The van der Waals surface area contributed by atoms with E-state index in [1.54, 1.807) is 0 Å². The summed E-state index contributed by atoms with van der Waals surface area (Å²) < 4.78 is 6.91. The van der Waals surface area contributed by atoms with Gasteiger partial charge in [0.2, 0.25) is 5.95 Å². The molecule has 0 aliphatic rings. The minimum atomic E-state index is 0.103. The van der Waals surface area contributed by atoms with Crippen LogP contribution in [0, 0.1) is 0 Å². The molecule has 8 nitrogen and oxygen atoms in total. The topological polar surface area (TPSA) is 105 Å². The molecule has 108 valence electrons. The zero-order valence-corrected chi connectivity index (χ0v) is 11.6. The maximum Gasteiger partial charge on any atom is 0.323 e. The fourth-order valence-electron chi connectivity index (χ4n) is 1.71. The van der Waals surface area contributed by atoms with Crippen LogP contribution >= 0.6 is 0 Å². The maximum atomic E-state index is 5.63. The van der Waals surface area contributed by atoms with Crippen LogP contribution in [0.5, 0.6) is 6.01 Å². The SMILES string of the molecule is CCCCCCCOc1nc(N)nc(-n2cncn2)n1. The second-order valence-electron chi connectivity index (χ2n) is 4.38. The van der Waals surface area contributed by atoms with Gasteiger partial charge in [-0.15, -0.1) is 0 Å². The average molecular weight is 277 g/mol. The van der Waals surface area contributed by atoms with Gasteiger partial charge in [-0.2, -0.15) is 24.7 Å². The van der Waals surface area contributed by atoms with Crippen molar-refractivity contribution in [2.45, 2.75) is 39.0 Å². The monoisotopic (exact) mass is 277 g/mol. The largest absolute Gasteiger partial charge is 0.463 e. The lowest BCUT2D eigenvalue weighted by atomic mass is 10.2. The van der Waals surface area contributed by atoms with Crippen molar-refractivity contribution in [1.29, 1.82) is 0 Å². The van der Waals surface area contributed by atoms with E-state index >= 15 is 0 Å². The number of anilines is 1. The van der Waals surface area contributed by atoms with Gasteiger partial charge in [0.15, 0.2) is 0 Å². The Bertz CT molecular complexity index is 515. The van der Waals surface area contributed by atoms with Crippen molar-refractivity contribution in [2.24, 2.45) is 0 Å². The summed E-state index contributed by atoms with van der Waals surface area (Å²) in [5.41, 5.74) is 5.63. The fraction of sp³-hybridized carbons (Fsp3) is 0.583. The third-order valence-corrected chi connectivity index (χ3v) is 2.72. The van der Waals surface area contributed by atoms with Crippen LogP contribution in [0.15, 0.2) is 12.7 Å². The first-order valence-corrected chi connectivity index (χ1v) is 6.79. The molecule has 2 rings (SSSR count). The van der Waals surface area contributed by atoms with Gasteiger partial charge in [0.1, 0.15) is 12.7 Å². The van der Waals surface area contributed by atoms with Gasteiger partial charge in [-0.1, -0.05) is 32.6 Å². The van der Waals surface area contributed by atoms with Crippen LogP contribution in [-0.4, -0.2) is 36.3 Å². The van der Waals surface area contributed by atoms with Gasteiger partial charge in [-0.05, 0) is 6.42 Å². The van der Waals surface area contributed by atoms with Crippen LogP contribution < -0.4 is 10.5 Å². The molecule has 0 fully saturated rings. The lowest BCUT2D eigenvalue weighted by Gasteiger charge is -2.06. The van der Waals surface area contributed by atoms with E-state index in [0.29, 0.717) is 12.6 Å². The molecule has 0 radical (unpaired) electrons. The van der Waals surface area contributed by atoms with E-state index in [9.17, 15) is 0 Å². The molecular formula is C12H19N7O. The Labute approximate surface area is 117 Å². The molecule has 8 heteroatoms. The Morgan fingerprint density at radius 3 is 2.75 bits per heavy atom. The Morgan fingerprint density at radius 2 is 2.00 bits per heavy atom. The lowest BCUT2D eigenvalue weighted by Crippen LogP contribution is -2.10. The second-order valence-corrected chi connectivity index (χ2v) is 4.38. The van der Waals surface area contributed by atoms with Crippen LogP contribution in [0.3, 0.4) is 0 Å². The van der Waals surface area contributed by atoms with Crippen LogP contribution in [0.25, 0.3) is 5.95 Å². The summed E-state index contributed by atoms with van der Waals surface area (Å²) in [5.74, 6) is 0.405. The van der Waals surface area contributed by atoms with E-state index < -0.39 is 0 Å². The van der Waals surface area contributed by atoms with E-state index in [4.69, 9.17) is 10.5 Å². The van der Waals surface area contributed by atoms with Crippen molar-refractivity contribution in [3.63, 3.8) is 0 Å². The van der Waals surface area contributed by atoms with Gasteiger partial charge < -0.3 is 10.5 Å². The molecule has 2 heterocycles. The molecule has 0 unspecified atom stereocenters. The summed E-state index contributed by atoms with van der Waals surface area (Å²) in [6, 6.07) is 0.221. The molecule has 0 aliphatic carbocycles. The van der Waals surface area contributed by atoms with E-state index in [1.807, 2.05) is 0 Å². The number of nitrogen functional groups attached to an aromatic ring is 1. The van der Waals surface area contributed by atoms with Crippen LogP contribution in [0.4, 0.5) is 5.95 Å². The normalized spacial score (nSPS) is 10.7. The van der Waals surface area contributed by atoms with E-state index in [0.717, 1.165) is 12.8 Å². The van der Waals surface area contributed by atoms with Crippen molar-refractivity contribution >= 4 is 5.95 Å². The minimum Gasteiger partial charge on any atom is -0.463 e. The highest BCUT2D eigenvalue weighted by molar-refractivity contribution is 5.23. The summed E-state index contributed by atoms with van der Waals surface area (Å²) in [5, 5.41) is 3.94. The summed E-state index contributed by atoms with van der Waals surface area (Å²) in [7, 11) is 0. The molecule has 0 spiro atoms. The van der Waals surface area contributed by atoms with E-state index in [1.165, 1.54) is 36.6 Å². The number of aromatic nitrogens is 6. The van der Waals surface area contributed by atoms with Crippen LogP contribution in [0.1, 0.15) is 39.0 Å². The first kappa shape index (κ1) is 14.2. The molecule has 2 aromatic rings. The smallest absolute Gasteiger partial charge is 0.323 e. The summed E-state index contributed by atoms with van der Waals surface area (Å²) in [6.45, 7) is 2.76. The van der Waals surface area contributed by atoms with Crippen molar-refractivity contribution in [3.8, 4) is 12.0 Å². The first-order chi connectivity index (χ1) is 9.79. The molecule has 0 saturated heterocycles. The summed E-state index contributed by atoms with van der Waals surface area (Å²) in [6.07, 6.45) is 8.72. The van der Waals surface area contributed by atoms with Crippen molar-refractivity contribution in [3.05, 3.63) is 12.7 Å². The fourth-order valence-corrected chi connectivity index (χ4v) is 1.71. The van der Waals surface area contributed by atoms with E-state index in [-0.39, 0.29) is 12.0 Å². The Hall–Kier alpha value is -2.25. The number of rotatable bonds is 8. The summed E-state index contributed by atoms with van der Waals surface area (Å²) >= 11 is 0. The quantitative estimate of drug-likeness (QED) is 0.727. The maximum absolute atomic E-state index is 5.63. The molecule has 0 aromatic carbocycles. The van der Waals surface area contributed by atoms with Gasteiger partial charge >= 0.3 is 6.01 Å². The molecule has 0 aliphatic heterocycles. The molecule has 0 bridgehead atoms. The number of hydrogen-bond acceptors (Lipinski definition) is 7. The van der Waals surface area contributed by atoms with Gasteiger partial charge in [0, 0.05) is 0 Å². The van der Waals surface area contributed by atoms with Crippen LogP contribution in [0.2, 0.25) is 0 Å². The van der Waals surface area contributed by atoms with Crippen LogP contribution in [-0.2, 0) is 0 Å². The number of nitrogens with two attached hydrogens (primary N) is 1. The highest BCUT2D eigenvalue weighted by Crippen LogP contribution is 2.09. The minimum absolute atomic E-state index is 0.103. The molecular weight excluding hydrogens is 258 g/mol. The number of unbranched alkanes of at least 4 members (excludes halogenated alkanes) is 4. The Kier molecular flexibility index (Phi) is 5.22. The van der Waals surface area contributed by atoms with Crippen molar-refractivity contribution in [2.75, 3.05) is 12.3 Å². The molecule has 0 amide bonds. The average Bonchev–Trinajstić information content (AvgIpc) is 2.96. The predicted octanol–water partition coefficient (Wildman–Crippen LogP) is 1.38. The first-order valence-electron chi connectivity index (χ1n) is 6.79. The summed E-state index contributed by atoms with van der Waals surface area (Å²) in [4.78, 5) is 15.9. The molecule has 20 heavy (non-hydrogen) atoms. The number of nitrogens with zero attached hydrogens (tertiary/aromatic N) is 6. The zero-order chi connectivity index (χ0) is 14.2. The number of ether oxygens (including phenoxy) is 1. The predicted molar refractivity (Wildman–Crippen MR) is 73.4 cm³/mol. The third-order valence-electron chi connectivity index (χ3n) is 2.72. The standard InChI is InChI=1S/C12H19N7O/c1-2-3-4-5-6-7-20-12-17-10(13)16-11(18-12)19-9-14-8-15-19/h8-9H,2-7H2,1H3,(H2,13,16,17,18). The third kappa shape index (κ3) is 4.15. The van der Waals surface area contributed by atoms with Crippen molar-refractivity contribution < 1.29 is 4.74 Å².